The van der Waals surface area contributed by atoms with Crippen LogP contribution in [0.5, 0.6) is 0 Å². The topological polar surface area (TPSA) is 84.1 Å². The lowest BCUT2D eigenvalue weighted by atomic mass is 10.0. The zero-order valence-corrected chi connectivity index (χ0v) is 15.3. The third-order valence-corrected chi connectivity index (χ3v) is 5.67. The average molecular weight is 366 g/mol. The van der Waals surface area contributed by atoms with Crippen LogP contribution in [0.15, 0.2) is 33.5 Å². The number of amides is 1. The maximum absolute atomic E-state index is 12.9. The molecule has 1 aliphatic carbocycles. The molecule has 0 spiro atoms. The number of rotatable bonds is 3. The SMILES string of the molecule is Cc1nc(C2CC2)oc1C(=O)N1CCC(n2c(=O)[nH]c3ccccc32)CC1. The summed E-state index contributed by atoms with van der Waals surface area (Å²) in [4.78, 5) is 34.4. The van der Waals surface area contributed by atoms with Crippen LogP contribution in [0.25, 0.3) is 11.0 Å². The number of imidazole rings is 1. The van der Waals surface area contributed by atoms with Gasteiger partial charge in [-0.05, 0) is 44.7 Å². The minimum absolute atomic E-state index is 0.0823. The second kappa shape index (κ2) is 6.11. The molecule has 1 amide bonds. The van der Waals surface area contributed by atoms with Crippen molar-refractivity contribution in [3.8, 4) is 0 Å². The van der Waals surface area contributed by atoms with Gasteiger partial charge in [0.1, 0.15) is 0 Å². The van der Waals surface area contributed by atoms with E-state index in [0.29, 0.717) is 36.4 Å². The molecule has 3 aromatic rings. The molecule has 3 heterocycles. The molecule has 1 aromatic carbocycles. The summed E-state index contributed by atoms with van der Waals surface area (Å²) in [6.07, 6.45) is 3.68. The number of oxazole rings is 1. The highest BCUT2D eigenvalue weighted by molar-refractivity contribution is 5.92. The molecule has 2 fully saturated rings. The van der Waals surface area contributed by atoms with Crippen molar-refractivity contribution in [3.63, 3.8) is 0 Å². The third-order valence-electron chi connectivity index (χ3n) is 5.67. The standard InChI is InChI=1S/C20H22N4O3/c1-12-17(27-18(21-12)13-6-7-13)19(25)23-10-8-14(9-11-23)24-16-5-3-2-4-15(16)22-20(24)26/h2-5,13-14H,6-11H2,1H3,(H,22,26). The van der Waals surface area contributed by atoms with Crippen molar-refractivity contribution in [1.29, 1.82) is 0 Å². The number of H-pyrrole nitrogens is 1. The second-order valence-corrected chi connectivity index (χ2v) is 7.58. The fourth-order valence-electron chi connectivity index (χ4n) is 4.03. The Morgan fingerprint density at radius 1 is 1.19 bits per heavy atom. The Morgan fingerprint density at radius 2 is 1.93 bits per heavy atom. The number of nitrogens with one attached hydrogen (secondary N) is 1. The van der Waals surface area contributed by atoms with Crippen LogP contribution >= 0.6 is 0 Å². The molecule has 1 saturated heterocycles. The van der Waals surface area contributed by atoms with Gasteiger partial charge in [0, 0.05) is 25.0 Å². The van der Waals surface area contributed by atoms with Gasteiger partial charge in [-0.25, -0.2) is 9.78 Å². The molecular formula is C20H22N4O3. The molecule has 5 rings (SSSR count). The summed E-state index contributed by atoms with van der Waals surface area (Å²) in [7, 11) is 0. The largest absolute Gasteiger partial charge is 0.435 e. The third kappa shape index (κ3) is 2.78. The summed E-state index contributed by atoms with van der Waals surface area (Å²) < 4.78 is 7.60. The van der Waals surface area contributed by atoms with Gasteiger partial charge >= 0.3 is 5.69 Å². The van der Waals surface area contributed by atoms with Gasteiger partial charge in [0.2, 0.25) is 5.76 Å². The lowest BCUT2D eigenvalue weighted by Crippen LogP contribution is -2.40. The van der Waals surface area contributed by atoms with Crippen LogP contribution in [0.3, 0.4) is 0 Å². The Labute approximate surface area is 156 Å². The maximum atomic E-state index is 12.9. The number of benzene rings is 1. The number of likely N-dealkylation sites (tertiary alicyclic amines) is 1. The van der Waals surface area contributed by atoms with Gasteiger partial charge in [-0.2, -0.15) is 0 Å². The molecular weight excluding hydrogens is 344 g/mol. The number of piperidine rings is 1. The van der Waals surface area contributed by atoms with Crippen LogP contribution in [-0.2, 0) is 0 Å². The highest BCUT2D eigenvalue weighted by Gasteiger charge is 2.33. The number of hydrogen-bond acceptors (Lipinski definition) is 4. The summed E-state index contributed by atoms with van der Waals surface area (Å²) >= 11 is 0. The van der Waals surface area contributed by atoms with E-state index in [0.717, 1.165) is 36.7 Å². The fraction of sp³-hybridized carbons (Fsp3) is 0.450. The van der Waals surface area contributed by atoms with Crippen molar-refractivity contribution in [1.82, 2.24) is 19.4 Å². The van der Waals surface area contributed by atoms with E-state index >= 15 is 0 Å². The molecule has 2 aliphatic rings. The number of fused-ring (bicyclic) bond motifs is 1. The number of nitrogens with zero attached hydrogens (tertiary/aromatic N) is 3. The molecule has 2 aromatic heterocycles. The first-order chi connectivity index (χ1) is 13.1. The molecule has 0 bridgehead atoms. The van der Waals surface area contributed by atoms with E-state index in [1.165, 1.54) is 0 Å². The number of aromatic amines is 1. The molecule has 0 unspecified atom stereocenters. The van der Waals surface area contributed by atoms with E-state index in [4.69, 9.17) is 4.42 Å². The van der Waals surface area contributed by atoms with Crippen molar-refractivity contribution < 1.29 is 9.21 Å². The van der Waals surface area contributed by atoms with Crippen molar-refractivity contribution in [2.24, 2.45) is 0 Å². The molecule has 1 N–H and O–H groups in total. The monoisotopic (exact) mass is 366 g/mol. The van der Waals surface area contributed by atoms with E-state index < -0.39 is 0 Å². The first-order valence-electron chi connectivity index (χ1n) is 9.57. The number of carbonyl (C=O) groups is 1. The minimum Gasteiger partial charge on any atom is -0.435 e. The van der Waals surface area contributed by atoms with Gasteiger partial charge in [-0.1, -0.05) is 12.1 Å². The van der Waals surface area contributed by atoms with E-state index in [-0.39, 0.29) is 17.6 Å². The van der Waals surface area contributed by atoms with Crippen LogP contribution in [0.1, 0.15) is 59.8 Å². The molecule has 140 valence electrons. The number of para-hydroxylation sites is 2. The summed E-state index contributed by atoms with van der Waals surface area (Å²) in [6.45, 7) is 3.05. The fourth-order valence-corrected chi connectivity index (χ4v) is 4.03. The Kier molecular flexibility index (Phi) is 3.70. The summed E-state index contributed by atoms with van der Waals surface area (Å²) in [5, 5.41) is 0. The van der Waals surface area contributed by atoms with Gasteiger partial charge < -0.3 is 14.3 Å². The summed E-state index contributed by atoms with van der Waals surface area (Å²) in [5.74, 6) is 1.39. The zero-order chi connectivity index (χ0) is 18.5. The van der Waals surface area contributed by atoms with E-state index in [9.17, 15) is 9.59 Å². The van der Waals surface area contributed by atoms with Crippen molar-refractivity contribution in [3.05, 3.63) is 52.1 Å². The Bertz CT molecular complexity index is 1060. The predicted molar refractivity (Wildman–Crippen MR) is 99.9 cm³/mol. The van der Waals surface area contributed by atoms with E-state index in [2.05, 4.69) is 9.97 Å². The molecule has 1 aliphatic heterocycles. The quantitative estimate of drug-likeness (QED) is 0.772. The van der Waals surface area contributed by atoms with E-state index in [1.807, 2.05) is 40.7 Å². The minimum atomic E-state index is -0.0865. The zero-order valence-electron chi connectivity index (χ0n) is 15.3. The number of hydrogen-bond donors (Lipinski definition) is 1. The lowest BCUT2D eigenvalue weighted by molar-refractivity contribution is 0.0660. The van der Waals surface area contributed by atoms with Crippen LogP contribution in [0.4, 0.5) is 0 Å². The average Bonchev–Trinajstić information content (AvgIpc) is 3.37. The van der Waals surface area contributed by atoms with Crippen molar-refractivity contribution >= 4 is 16.9 Å². The van der Waals surface area contributed by atoms with Crippen molar-refractivity contribution in [2.75, 3.05) is 13.1 Å². The van der Waals surface area contributed by atoms with E-state index in [1.54, 1.807) is 0 Å². The second-order valence-electron chi connectivity index (χ2n) is 7.58. The van der Waals surface area contributed by atoms with Gasteiger partial charge in [0.25, 0.3) is 5.91 Å². The molecule has 1 saturated carbocycles. The molecule has 0 atom stereocenters. The number of carbonyl (C=O) groups excluding carboxylic acids is 1. The van der Waals surface area contributed by atoms with Gasteiger partial charge in [0.05, 0.1) is 16.7 Å². The molecule has 7 nitrogen and oxygen atoms in total. The normalized spacial score (nSPS) is 18.3. The van der Waals surface area contributed by atoms with Gasteiger partial charge in [-0.3, -0.25) is 9.36 Å². The van der Waals surface area contributed by atoms with Crippen LogP contribution < -0.4 is 5.69 Å². The summed E-state index contributed by atoms with van der Waals surface area (Å²) in [6, 6.07) is 7.82. The number of aromatic nitrogens is 3. The Balaban J connectivity index is 1.33. The van der Waals surface area contributed by atoms with Crippen LogP contribution in [0.2, 0.25) is 0 Å². The predicted octanol–water partition coefficient (Wildman–Crippen LogP) is 2.98. The Morgan fingerprint density at radius 3 is 2.67 bits per heavy atom. The van der Waals surface area contributed by atoms with Crippen LogP contribution in [0, 0.1) is 6.92 Å². The molecule has 0 radical (unpaired) electrons. The molecule has 27 heavy (non-hydrogen) atoms. The smallest absolute Gasteiger partial charge is 0.326 e. The lowest BCUT2D eigenvalue weighted by Gasteiger charge is -2.32. The van der Waals surface area contributed by atoms with Gasteiger partial charge in [0.15, 0.2) is 5.89 Å². The first kappa shape index (κ1) is 16.4. The van der Waals surface area contributed by atoms with Gasteiger partial charge in [-0.15, -0.1) is 0 Å². The maximum Gasteiger partial charge on any atom is 0.326 e. The van der Waals surface area contributed by atoms with Crippen molar-refractivity contribution in [2.45, 2.75) is 44.6 Å². The number of aryl methyl sites for hydroxylation is 1. The molecule has 7 heteroatoms. The highest BCUT2D eigenvalue weighted by atomic mass is 16.4. The Hall–Kier alpha value is -2.83. The summed E-state index contributed by atoms with van der Waals surface area (Å²) in [5.41, 5.74) is 2.37. The van der Waals surface area contributed by atoms with Crippen LogP contribution in [-0.4, -0.2) is 38.4 Å². The first-order valence-corrected chi connectivity index (χ1v) is 9.57. The highest BCUT2D eigenvalue weighted by Crippen LogP contribution is 2.40.